The molecule has 3 N–H and O–H groups in total. The van der Waals surface area contributed by atoms with Gasteiger partial charge in [0.1, 0.15) is 5.69 Å². The molecule has 0 unspecified atom stereocenters. The molecule has 118 valence electrons. The lowest BCUT2D eigenvalue weighted by Crippen LogP contribution is -2.33. The van der Waals surface area contributed by atoms with Crippen molar-refractivity contribution >= 4 is 11.6 Å². The summed E-state index contributed by atoms with van der Waals surface area (Å²) in [5, 5.41) is 7.26. The van der Waals surface area contributed by atoms with Gasteiger partial charge in [-0.05, 0) is 51.7 Å². The smallest absolute Gasteiger partial charge is 0.271 e. The fourth-order valence-corrected chi connectivity index (χ4v) is 2.95. The van der Waals surface area contributed by atoms with Crippen LogP contribution in [0.5, 0.6) is 0 Å². The maximum atomic E-state index is 12.2. The van der Waals surface area contributed by atoms with Gasteiger partial charge in [-0.15, -0.1) is 0 Å². The number of nitrogen functional groups attached to an aromatic ring is 1. The second kappa shape index (κ2) is 6.93. The van der Waals surface area contributed by atoms with Gasteiger partial charge in [0.25, 0.3) is 5.91 Å². The molecule has 0 atom stereocenters. The van der Waals surface area contributed by atoms with Gasteiger partial charge in [-0.1, -0.05) is 6.92 Å². The fourth-order valence-electron chi connectivity index (χ4n) is 2.95. The number of amides is 1. The Morgan fingerprint density at radius 1 is 1.38 bits per heavy atom. The average molecular weight is 293 g/mol. The van der Waals surface area contributed by atoms with Gasteiger partial charge in [0, 0.05) is 13.6 Å². The maximum absolute atomic E-state index is 12.2. The molecule has 0 spiro atoms. The van der Waals surface area contributed by atoms with Crippen LogP contribution in [0, 0.1) is 5.92 Å². The summed E-state index contributed by atoms with van der Waals surface area (Å²) in [5.74, 6) is 0.603. The standard InChI is InChI=1S/C15H27N5O/c1-4-12-13(16)14(20(3)18-12)15(21)17-8-5-11-6-9-19(2)10-7-11/h11H,4-10,16H2,1-3H3,(H,17,21). The molecule has 6 heteroatoms. The van der Waals surface area contributed by atoms with E-state index in [0.717, 1.165) is 37.5 Å². The minimum Gasteiger partial charge on any atom is -0.395 e. The SMILES string of the molecule is CCc1nn(C)c(C(=O)NCCC2CCN(C)CC2)c1N. The Balaban J connectivity index is 1.83. The number of carbonyl (C=O) groups excluding carboxylic acids is 1. The number of nitrogens with two attached hydrogens (primary N) is 1. The quantitative estimate of drug-likeness (QED) is 0.850. The van der Waals surface area contributed by atoms with E-state index >= 15 is 0 Å². The van der Waals surface area contributed by atoms with Crippen molar-refractivity contribution in [2.45, 2.75) is 32.6 Å². The topological polar surface area (TPSA) is 76.2 Å². The number of anilines is 1. The van der Waals surface area contributed by atoms with E-state index in [-0.39, 0.29) is 5.91 Å². The molecule has 0 bridgehead atoms. The molecule has 1 aromatic rings. The second-order valence-electron chi connectivity index (χ2n) is 5.98. The summed E-state index contributed by atoms with van der Waals surface area (Å²) < 4.78 is 1.58. The van der Waals surface area contributed by atoms with E-state index in [1.165, 1.54) is 12.8 Å². The Labute approximate surface area is 126 Å². The van der Waals surface area contributed by atoms with Crippen LogP contribution in [-0.4, -0.2) is 47.3 Å². The van der Waals surface area contributed by atoms with E-state index in [9.17, 15) is 4.79 Å². The first-order valence-corrected chi connectivity index (χ1v) is 7.81. The van der Waals surface area contributed by atoms with E-state index in [4.69, 9.17) is 5.73 Å². The molecule has 2 heterocycles. The number of carbonyl (C=O) groups is 1. The number of nitrogens with zero attached hydrogens (tertiary/aromatic N) is 3. The van der Waals surface area contributed by atoms with Gasteiger partial charge < -0.3 is 16.0 Å². The molecular formula is C15H27N5O. The van der Waals surface area contributed by atoms with Crippen molar-refractivity contribution in [1.29, 1.82) is 0 Å². The van der Waals surface area contributed by atoms with Crippen molar-refractivity contribution in [3.63, 3.8) is 0 Å². The second-order valence-corrected chi connectivity index (χ2v) is 5.98. The summed E-state index contributed by atoms with van der Waals surface area (Å²) in [6.07, 6.45) is 4.22. The van der Waals surface area contributed by atoms with Gasteiger partial charge >= 0.3 is 0 Å². The van der Waals surface area contributed by atoms with E-state index in [1.807, 2.05) is 6.92 Å². The van der Waals surface area contributed by atoms with E-state index in [0.29, 0.717) is 17.9 Å². The minimum absolute atomic E-state index is 0.116. The first kappa shape index (κ1) is 15.8. The summed E-state index contributed by atoms with van der Waals surface area (Å²) >= 11 is 0. The Hall–Kier alpha value is -1.56. The van der Waals surface area contributed by atoms with Crippen LogP contribution in [0.15, 0.2) is 0 Å². The minimum atomic E-state index is -0.116. The van der Waals surface area contributed by atoms with Gasteiger partial charge in [-0.25, -0.2) is 0 Å². The molecule has 6 nitrogen and oxygen atoms in total. The highest BCUT2D eigenvalue weighted by Gasteiger charge is 2.20. The molecule has 0 aromatic carbocycles. The largest absolute Gasteiger partial charge is 0.395 e. The molecule has 1 fully saturated rings. The Morgan fingerprint density at radius 3 is 2.62 bits per heavy atom. The molecule has 0 saturated carbocycles. The lowest BCUT2D eigenvalue weighted by Gasteiger charge is -2.28. The van der Waals surface area contributed by atoms with Crippen molar-refractivity contribution in [2.75, 3.05) is 32.4 Å². The third kappa shape index (κ3) is 3.75. The molecule has 1 aromatic heterocycles. The molecule has 1 amide bonds. The van der Waals surface area contributed by atoms with Gasteiger partial charge in [0.2, 0.25) is 0 Å². The molecular weight excluding hydrogens is 266 g/mol. The van der Waals surface area contributed by atoms with Crippen molar-refractivity contribution < 1.29 is 4.79 Å². The van der Waals surface area contributed by atoms with Crippen molar-refractivity contribution in [3.8, 4) is 0 Å². The highest BCUT2D eigenvalue weighted by molar-refractivity contribution is 5.97. The summed E-state index contributed by atoms with van der Waals surface area (Å²) in [7, 11) is 3.93. The number of hydrogen-bond donors (Lipinski definition) is 2. The van der Waals surface area contributed by atoms with Crippen LogP contribution >= 0.6 is 0 Å². The predicted molar refractivity (Wildman–Crippen MR) is 84.2 cm³/mol. The van der Waals surface area contributed by atoms with Crippen LogP contribution in [0.25, 0.3) is 0 Å². The number of likely N-dealkylation sites (tertiary alicyclic amines) is 1. The number of rotatable bonds is 5. The molecule has 0 radical (unpaired) electrons. The highest BCUT2D eigenvalue weighted by Crippen LogP contribution is 2.19. The van der Waals surface area contributed by atoms with Crippen molar-refractivity contribution in [3.05, 3.63) is 11.4 Å². The summed E-state index contributed by atoms with van der Waals surface area (Å²) in [4.78, 5) is 14.6. The van der Waals surface area contributed by atoms with Gasteiger partial charge in [-0.3, -0.25) is 9.48 Å². The van der Waals surface area contributed by atoms with E-state index in [2.05, 4.69) is 22.4 Å². The average Bonchev–Trinajstić information content (AvgIpc) is 2.75. The number of aryl methyl sites for hydroxylation is 2. The van der Waals surface area contributed by atoms with E-state index in [1.54, 1.807) is 11.7 Å². The van der Waals surface area contributed by atoms with Crippen LogP contribution in [0.2, 0.25) is 0 Å². The molecule has 2 rings (SSSR count). The molecule has 1 aliphatic heterocycles. The number of piperidine rings is 1. The first-order chi connectivity index (χ1) is 10.0. The zero-order valence-electron chi connectivity index (χ0n) is 13.4. The molecule has 0 aliphatic carbocycles. The highest BCUT2D eigenvalue weighted by atomic mass is 16.2. The third-order valence-electron chi connectivity index (χ3n) is 4.39. The molecule has 1 aliphatic rings. The predicted octanol–water partition coefficient (Wildman–Crippen LogP) is 1.03. The Kier molecular flexibility index (Phi) is 5.22. The summed E-state index contributed by atoms with van der Waals surface area (Å²) in [6, 6.07) is 0. The zero-order valence-corrected chi connectivity index (χ0v) is 13.4. The molecule has 1 saturated heterocycles. The summed E-state index contributed by atoms with van der Waals surface area (Å²) in [5.41, 5.74) is 7.78. The van der Waals surface area contributed by atoms with Gasteiger partial charge in [0.15, 0.2) is 0 Å². The van der Waals surface area contributed by atoms with E-state index < -0.39 is 0 Å². The van der Waals surface area contributed by atoms with Crippen LogP contribution < -0.4 is 11.1 Å². The van der Waals surface area contributed by atoms with Crippen molar-refractivity contribution in [2.24, 2.45) is 13.0 Å². The third-order valence-corrected chi connectivity index (χ3v) is 4.39. The van der Waals surface area contributed by atoms with Crippen LogP contribution in [0.1, 0.15) is 42.4 Å². The lowest BCUT2D eigenvalue weighted by molar-refractivity contribution is 0.0940. The lowest BCUT2D eigenvalue weighted by atomic mass is 9.94. The van der Waals surface area contributed by atoms with Gasteiger partial charge in [-0.2, -0.15) is 5.10 Å². The Bertz CT molecular complexity index is 488. The monoisotopic (exact) mass is 293 g/mol. The van der Waals surface area contributed by atoms with Crippen molar-refractivity contribution in [1.82, 2.24) is 20.0 Å². The number of hydrogen-bond acceptors (Lipinski definition) is 4. The number of nitrogens with one attached hydrogen (secondary N) is 1. The normalized spacial score (nSPS) is 17.1. The van der Waals surface area contributed by atoms with Crippen LogP contribution in [-0.2, 0) is 13.5 Å². The molecule has 21 heavy (non-hydrogen) atoms. The van der Waals surface area contributed by atoms with Gasteiger partial charge in [0.05, 0.1) is 11.4 Å². The fraction of sp³-hybridized carbons (Fsp3) is 0.733. The first-order valence-electron chi connectivity index (χ1n) is 7.81. The number of aromatic nitrogens is 2. The Morgan fingerprint density at radius 2 is 2.05 bits per heavy atom. The maximum Gasteiger partial charge on any atom is 0.271 e. The summed E-state index contributed by atoms with van der Waals surface area (Å²) in [6.45, 7) is 5.01. The zero-order chi connectivity index (χ0) is 15.4. The van der Waals surface area contributed by atoms with Crippen LogP contribution in [0.3, 0.4) is 0 Å². The van der Waals surface area contributed by atoms with Crippen LogP contribution in [0.4, 0.5) is 5.69 Å².